The molecule has 0 saturated carbocycles. The minimum absolute atomic E-state index is 0.00302. The number of nitrogens with one attached hydrogen (secondary N) is 1. The average molecular weight is 307 g/mol. The summed E-state index contributed by atoms with van der Waals surface area (Å²) in [7, 11) is 0. The van der Waals surface area contributed by atoms with Crippen molar-refractivity contribution in [3.05, 3.63) is 77.0 Å². The van der Waals surface area contributed by atoms with Crippen LogP contribution in [0.3, 0.4) is 0 Å². The van der Waals surface area contributed by atoms with Crippen molar-refractivity contribution in [1.29, 1.82) is 0 Å². The molecule has 2 nitrogen and oxygen atoms in total. The molecule has 0 aliphatic carbocycles. The first kappa shape index (κ1) is 17.0. The average Bonchev–Trinajstić information content (AvgIpc) is 2.50. The van der Waals surface area contributed by atoms with Crippen LogP contribution in [0.4, 0.5) is 5.69 Å². The summed E-state index contributed by atoms with van der Waals surface area (Å²) in [6, 6.07) is 14.1. The Morgan fingerprint density at radius 1 is 1.00 bits per heavy atom. The normalized spacial score (nSPS) is 11.7. The van der Waals surface area contributed by atoms with Crippen molar-refractivity contribution in [1.82, 2.24) is 0 Å². The van der Waals surface area contributed by atoms with Crippen LogP contribution >= 0.6 is 0 Å². The van der Waals surface area contributed by atoms with Crippen molar-refractivity contribution in [2.75, 3.05) is 5.32 Å². The second kappa shape index (κ2) is 6.82. The number of benzene rings is 2. The lowest BCUT2D eigenvalue weighted by molar-refractivity contribution is 0.104. The first-order chi connectivity index (χ1) is 10.8. The maximum atomic E-state index is 12.2. The molecule has 0 aliphatic rings. The van der Waals surface area contributed by atoms with Crippen LogP contribution in [0, 0.1) is 13.8 Å². The third-order valence-corrected chi connectivity index (χ3v) is 3.90. The van der Waals surface area contributed by atoms with Crippen LogP contribution in [0.25, 0.3) is 0 Å². The van der Waals surface area contributed by atoms with Gasteiger partial charge in [0.15, 0.2) is 5.78 Å². The van der Waals surface area contributed by atoms with Gasteiger partial charge in [-0.1, -0.05) is 57.2 Å². The molecule has 0 aromatic heterocycles. The Balaban J connectivity index is 2.05. The zero-order valence-corrected chi connectivity index (χ0v) is 14.6. The van der Waals surface area contributed by atoms with Crippen LogP contribution in [-0.4, -0.2) is 5.78 Å². The molecule has 0 amide bonds. The minimum Gasteiger partial charge on any atom is -0.361 e. The molecule has 0 radical (unpaired) electrons. The van der Waals surface area contributed by atoms with Gasteiger partial charge in [0.25, 0.3) is 0 Å². The lowest BCUT2D eigenvalue weighted by Gasteiger charge is -2.18. The van der Waals surface area contributed by atoms with E-state index in [4.69, 9.17) is 0 Å². The maximum Gasteiger partial charge on any atom is 0.187 e. The number of anilines is 1. The van der Waals surface area contributed by atoms with Gasteiger partial charge in [-0.2, -0.15) is 0 Å². The standard InChI is InChI=1S/C21H25NO/c1-15-6-7-16(2)19(14-15)22-13-12-20(23)17-8-10-18(11-9-17)21(3,4)5/h6-14,22H,1-5H3. The molecule has 2 aromatic carbocycles. The summed E-state index contributed by atoms with van der Waals surface area (Å²) in [5.74, 6) is 0.00302. The van der Waals surface area contributed by atoms with Gasteiger partial charge in [0.1, 0.15) is 0 Å². The molecular weight excluding hydrogens is 282 g/mol. The van der Waals surface area contributed by atoms with E-state index >= 15 is 0 Å². The van der Waals surface area contributed by atoms with Gasteiger partial charge in [-0.15, -0.1) is 0 Å². The van der Waals surface area contributed by atoms with Gasteiger partial charge in [0.05, 0.1) is 0 Å². The van der Waals surface area contributed by atoms with Crippen molar-refractivity contribution >= 4 is 11.5 Å². The Bertz CT molecular complexity index is 718. The number of rotatable bonds is 4. The molecular formula is C21H25NO. The predicted octanol–water partition coefficient (Wildman–Crippen LogP) is 5.41. The lowest BCUT2D eigenvalue weighted by Crippen LogP contribution is -2.11. The largest absolute Gasteiger partial charge is 0.361 e. The third-order valence-electron chi connectivity index (χ3n) is 3.90. The fourth-order valence-corrected chi connectivity index (χ4v) is 2.33. The second-order valence-corrected chi connectivity index (χ2v) is 6.99. The topological polar surface area (TPSA) is 29.1 Å². The summed E-state index contributed by atoms with van der Waals surface area (Å²) < 4.78 is 0. The zero-order valence-electron chi connectivity index (χ0n) is 14.6. The van der Waals surface area contributed by atoms with Crippen molar-refractivity contribution in [3.63, 3.8) is 0 Å². The number of carbonyl (C=O) groups is 1. The quantitative estimate of drug-likeness (QED) is 0.604. The van der Waals surface area contributed by atoms with E-state index in [1.54, 1.807) is 12.3 Å². The molecule has 0 fully saturated rings. The van der Waals surface area contributed by atoms with Crippen LogP contribution in [0.15, 0.2) is 54.7 Å². The highest BCUT2D eigenvalue weighted by Crippen LogP contribution is 2.22. The van der Waals surface area contributed by atoms with Gasteiger partial charge >= 0.3 is 0 Å². The van der Waals surface area contributed by atoms with Crippen LogP contribution in [0.2, 0.25) is 0 Å². The number of aryl methyl sites for hydroxylation is 2. The molecule has 0 saturated heterocycles. The molecule has 2 heteroatoms. The molecule has 0 heterocycles. The lowest BCUT2D eigenvalue weighted by atomic mass is 9.86. The van der Waals surface area contributed by atoms with Crippen molar-refractivity contribution in [2.45, 2.75) is 40.0 Å². The molecule has 0 aliphatic heterocycles. The summed E-state index contributed by atoms with van der Waals surface area (Å²) in [6.07, 6.45) is 3.29. The molecule has 0 unspecified atom stereocenters. The first-order valence-electron chi connectivity index (χ1n) is 7.92. The summed E-state index contributed by atoms with van der Waals surface area (Å²) >= 11 is 0. The summed E-state index contributed by atoms with van der Waals surface area (Å²) in [5.41, 5.74) is 5.40. The molecule has 2 aromatic rings. The highest BCUT2D eigenvalue weighted by Gasteiger charge is 2.13. The molecule has 0 bridgehead atoms. The van der Waals surface area contributed by atoms with Crippen molar-refractivity contribution in [3.8, 4) is 0 Å². The summed E-state index contributed by atoms with van der Waals surface area (Å²) in [4.78, 5) is 12.2. The monoisotopic (exact) mass is 307 g/mol. The molecule has 120 valence electrons. The van der Waals surface area contributed by atoms with E-state index in [2.05, 4.69) is 51.2 Å². The highest BCUT2D eigenvalue weighted by atomic mass is 16.1. The van der Waals surface area contributed by atoms with Gasteiger partial charge < -0.3 is 5.32 Å². The Hall–Kier alpha value is -2.35. The van der Waals surface area contributed by atoms with Crippen LogP contribution < -0.4 is 5.32 Å². The fraction of sp³-hybridized carbons (Fsp3) is 0.286. The van der Waals surface area contributed by atoms with Gasteiger partial charge in [0, 0.05) is 23.5 Å². The van der Waals surface area contributed by atoms with E-state index in [1.807, 2.05) is 31.2 Å². The molecule has 0 atom stereocenters. The number of hydrogen-bond acceptors (Lipinski definition) is 2. The number of allylic oxidation sites excluding steroid dienone is 1. The van der Waals surface area contributed by atoms with Crippen LogP contribution in [-0.2, 0) is 5.41 Å². The molecule has 2 rings (SSSR count). The highest BCUT2D eigenvalue weighted by molar-refractivity contribution is 6.04. The zero-order chi connectivity index (χ0) is 17.0. The first-order valence-corrected chi connectivity index (χ1v) is 7.92. The van der Waals surface area contributed by atoms with Gasteiger partial charge in [0.2, 0.25) is 0 Å². The van der Waals surface area contributed by atoms with Crippen LogP contribution in [0.5, 0.6) is 0 Å². The molecule has 23 heavy (non-hydrogen) atoms. The Morgan fingerprint density at radius 2 is 1.65 bits per heavy atom. The van der Waals surface area contributed by atoms with Crippen molar-refractivity contribution in [2.24, 2.45) is 0 Å². The SMILES string of the molecule is Cc1ccc(C)c(NC=CC(=O)c2ccc(C(C)(C)C)cc2)c1. The van der Waals surface area contributed by atoms with Crippen molar-refractivity contribution < 1.29 is 4.79 Å². The maximum absolute atomic E-state index is 12.2. The van der Waals surface area contributed by atoms with E-state index in [0.29, 0.717) is 5.56 Å². The van der Waals surface area contributed by atoms with E-state index in [9.17, 15) is 4.79 Å². The van der Waals surface area contributed by atoms with E-state index in [0.717, 1.165) is 11.3 Å². The Morgan fingerprint density at radius 3 is 2.26 bits per heavy atom. The Kier molecular flexibility index (Phi) is 5.05. The van der Waals surface area contributed by atoms with Crippen LogP contribution in [0.1, 0.15) is 47.8 Å². The van der Waals surface area contributed by atoms with E-state index < -0.39 is 0 Å². The minimum atomic E-state index is 0.00302. The summed E-state index contributed by atoms with van der Waals surface area (Å²) in [6.45, 7) is 10.6. The third kappa shape index (κ3) is 4.56. The summed E-state index contributed by atoms with van der Waals surface area (Å²) in [5, 5.41) is 3.19. The number of ketones is 1. The second-order valence-electron chi connectivity index (χ2n) is 6.99. The van der Waals surface area contributed by atoms with Gasteiger partial charge in [-0.25, -0.2) is 0 Å². The van der Waals surface area contributed by atoms with Gasteiger partial charge in [-0.05, 0) is 42.0 Å². The molecule has 0 spiro atoms. The predicted molar refractivity (Wildman–Crippen MR) is 98.2 cm³/mol. The van der Waals surface area contributed by atoms with E-state index in [1.165, 1.54) is 11.1 Å². The Labute approximate surface area is 139 Å². The number of carbonyl (C=O) groups excluding carboxylic acids is 1. The number of hydrogen-bond donors (Lipinski definition) is 1. The molecule has 1 N–H and O–H groups in total. The van der Waals surface area contributed by atoms with Gasteiger partial charge in [-0.3, -0.25) is 4.79 Å². The smallest absolute Gasteiger partial charge is 0.187 e. The van der Waals surface area contributed by atoms with E-state index in [-0.39, 0.29) is 11.2 Å². The fourth-order valence-electron chi connectivity index (χ4n) is 2.33.